The average Bonchev–Trinajstić information content (AvgIpc) is 2.92. The number of aryl methyl sites for hydroxylation is 1. The van der Waals surface area contributed by atoms with Gasteiger partial charge in [0.2, 0.25) is 0 Å². The predicted octanol–water partition coefficient (Wildman–Crippen LogP) is 3.71. The molecule has 1 aliphatic rings. The maximum Gasteiger partial charge on any atom is 0.198 e. The van der Waals surface area contributed by atoms with Crippen molar-refractivity contribution in [3.8, 4) is 0 Å². The van der Waals surface area contributed by atoms with Gasteiger partial charge < -0.3 is 0 Å². The molecule has 0 bridgehead atoms. The second-order valence-corrected chi connectivity index (χ2v) is 6.76. The number of allylic oxidation sites excluding steroid dienone is 1. The summed E-state index contributed by atoms with van der Waals surface area (Å²) in [5.41, 5.74) is 2.15. The van der Waals surface area contributed by atoms with Gasteiger partial charge in [0.05, 0.1) is 9.81 Å². The minimum absolute atomic E-state index is 0.138. The van der Waals surface area contributed by atoms with E-state index in [1.165, 1.54) is 12.5 Å². The van der Waals surface area contributed by atoms with E-state index in [4.69, 9.17) is 0 Å². The van der Waals surface area contributed by atoms with Crippen molar-refractivity contribution >= 4 is 35.1 Å². The second-order valence-electron chi connectivity index (χ2n) is 4.30. The lowest BCUT2D eigenvalue weighted by Crippen LogP contribution is -2.11. The van der Waals surface area contributed by atoms with Crippen molar-refractivity contribution in [3.63, 3.8) is 0 Å². The summed E-state index contributed by atoms with van der Waals surface area (Å²) in [5, 5.41) is 0. The highest BCUT2D eigenvalue weighted by molar-refractivity contribution is 8.25. The van der Waals surface area contributed by atoms with Gasteiger partial charge in [-0.15, -0.1) is 23.5 Å². The molecule has 1 aromatic rings. The zero-order valence-corrected chi connectivity index (χ0v) is 12.7. The minimum Gasteiger partial charge on any atom is -0.294 e. The molecule has 0 N–H and O–H groups in total. The SMILES string of the molecule is CCc1ccc(C(=O)C(C(C)=O)=C2SCCS2)cc1. The fraction of sp³-hybridized carbons (Fsp3) is 0.333. The van der Waals surface area contributed by atoms with Crippen LogP contribution in [0.3, 0.4) is 0 Å². The van der Waals surface area contributed by atoms with Crippen LogP contribution in [0.5, 0.6) is 0 Å². The Kier molecular flexibility index (Phi) is 4.88. The predicted molar refractivity (Wildman–Crippen MR) is 82.8 cm³/mol. The van der Waals surface area contributed by atoms with Gasteiger partial charge in [0, 0.05) is 17.1 Å². The molecule has 1 aliphatic heterocycles. The summed E-state index contributed by atoms with van der Waals surface area (Å²) >= 11 is 3.22. The Labute approximate surface area is 122 Å². The number of ketones is 2. The number of hydrogen-bond donors (Lipinski definition) is 0. The lowest BCUT2D eigenvalue weighted by molar-refractivity contribution is -0.113. The normalized spacial score (nSPS) is 14.5. The first-order valence-electron chi connectivity index (χ1n) is 6.28. The monoisotopic (exact) mass is 292 g/mol. The number of rotatable bonds is 4. The van der Waals surface area contributed by atoms with Crippen LogP contribution in [0.4, 0.5) is 0 Å². The summed E-state index contributed by atoms with van der Waals surface area (Å²) < 4.78 is 0.886. The van der Waals surface area contributed by atoms with Gasteiger partial charge in [-0.2, -0.15) is 0 Å². The molecule has 0 saturated carbocycles. The molecule has 1 aromatic carbocycles. The van der Waals surface area contributed by atoms with Crippen molar-refractivity contribution in [2.75, 3.05) is 11.5 Å². The molecule has 100 valence electrons. The molecule has 2 rings (SSSR count). The van der Waals surface area contributed by atoms with Gasteiger partial charge in [-0.05, 0) is 18.9 Å². The van der Waals surface area contributed by atoms with E-state index in [0.29, 0.717) is 11.1 Å². The molecule has 0 aliphatic carbocycles. The summed E-state index contributed by atoms with van der Waals surface area (Å²) in [6.45, 7) is 3.55. The number of carbonyl (C=O) groups excluding carboxylic acids is 2. The first kappa shape index (κ1) is 14.4. The molecule has 0 aromatic heterocycles. The second kappa shape index (κ2) is 6.44. The van der Waals surface area contributed by atoms with E-state index in [1.807, 2.05) is 24.3 Å². The van der Waals surface area contributed by atoms with Gasteiger partial charge in [0.15, 0.2) is 11.6 Å². The summed E-state index contributed by atoms with van der Waals surface area (Å²) in [7, 11) is 0. The molecule has 0 amide bonds. The van der Waals surface area contributed by atoms with E-state index < -0.39 is 0 Å². The van der Waals surface area contributed by atoms with Crippen LogP contribution < -0.4 is 0 Å². The lowest BCUT2D eigenvalue weighted by Gasteiger charge is -2.07. The highest BCUT2D eigenvalue weighted by atomic mass is 32.2. The smallest absolute Gasteiger partial charge is 0.198 e. The molecule has 4 heteroatoms. The van der Waals surface area contributed by atoms with Crippen LogP contribution in [-0.4, -0.2) is 23.1 Å². The molecule has 1 heterocycles. The third-order valence-corrected chi connectivity index (χ3v) is 5.67. The molecule has 0 spiro atoms. The van der Waals surface area contributed by atoms with E-state index in [1.54, 1.807) is 23.5 Å². The van der Waals surface area contributed by atoms with Crippen molar-refractivity contribution in [3.05, 3.63) is 45.2 Å². The van der Waals surface area contributed by atoms with Gasteiger partial charge in [0.1, 0.15) is 0 Å². The summed E-state index contributed by atoms with van der Waals surface area (Å²) in [6.07, 6.45) is 0.945. The van der Waals surface area contributed by atoms with E-state index in [0.717, 1.165) is 22.2 Å². The third-order valence-electron chi connectivity index (χ3n) is 2.96. The summed E-state index contributed by atoms with van der Waals surface area (Å²) in [4.78, 5) is 24.2. The fourth-order valence-electron chi connectivity index (χ4n) is 1.89. The van der Waals surface area contributed by atoms with Gasteiger partial charge >= 0.3 is 0 Å². The lowest BCUT2D eigenvalue weighted by atomic mass is 10.0. The molecule has 19 heavy (non-hydrogen) atoms. The van der Waals surface area contributed by atoms with Gasteiger partial charge in [-0.1, -0.05) is 31.2 Å². The van der Waals surface area contributed by atoms with E-state index in [-0.39, 0.29) is 11.6 Å². The van der Waals surface area contributed by atoms with E-state index in [9.17, 15) is 9.59 Å². The Hall–Kier alpha value is -1.000. The highest BCUT2D eigenvalue weighted by Crippen LogP contribution is 2.39. The molecule has 2 nitrogen and oxygen atoms in total. The molecule has 0 radical (unpaired) electrons. The Bertz CT molecular complexity index is 522. The van der Waals surface area contributed by atoms with Crippen molar-refractivity contribution < 1.29 is 9.59 Å². The summed E-state index contributed by atoms with van der Waals surface area (Å²) in [6, 6.07) is 7.53. The van der Waals surface area contributed by atoms with Crippen molar-refractivity contribution in [2.24, 2.45) is 0 Å². The Morgan fingerprint density at radius 1 is 1.11 bits per heavy atom. The number of benzene rings is 1. The average molecular weight is 292 g/mol. The number of thioether (sulfide) groups is 2. The minimum atomic E-state index is -0.146. The quantitative estimate of drug-likeness (QED) is 0.367. The molecule has 1 fully saturated rings. The van der Waals surface area contributed by atoms with Crippen LogP contribution in [0, 0.1) is 0 Å². The highest BCUT2D eigenvalue weighted by Gasteiger charge is 2.24. The van der Waals surface area contributed by atoms with Crippen LogP contribution in [0.1, 0.15) is 29.8 Å². The van der Waals surface area contributed by atoms with Gasteiger partial charge in [-0.3, -0.25) is 9.59 Å². The first-order chi connectivity index (χ1) is 9.13. The summed E-state index contributed by atoms with van der Waals surface area (Å²) in [5.74, 6) is 1.66. The zero-order valence-electron chi connectivity index (χ0n) is 11.1. The van der Waals surface area contributed by atoms with Crippen molar-refractivity contribution in [1.82, 2.24) is 0 Å². The third kappa shape index (κ3) is 3.31. The van der Waals surface area contributed by atoms with E-state index in [2.05, 4.69) is 6.92 Å². The molecule has 1 saturated heterocycles. The standard InChI is InChI=1S/C15H16O2S2/c1-3-11-4-6-12(7-5-11)14(17)13(10(2)16)15-18-8-9-19-15/h4-7H,3,8-9H2,1-2H3. The fourth-order valence-corrected chi connectivity index (χ4v) is 4.52. The van der Waals surface area contributed by atoms with Gasteiger partial charge in [0.25, 0.3) is 0 Å². The molecular formula is C15H16O2S2. The molecule has 0 atom stereocenters. The molecular weight excluding hydrogens is 276 g/mol. The number of hydrogen-bond acceptors (Lipinski definition) is 4. The van der Waals surface area contributed by atoms with Crippen molar-refractivity contribution in [2.45, 2.75) is 20.3 Å². The number of Topliss-reactive ketones (excluding diaryl/α,β-unsaturated/α-hetero) is 2. The van der Waals surface area contributed by atoms with E-state index >= 15 is 0 Å². The van der Waals surface area contributed by atoms with Crippen LogP contribution in [0.15, 0.2) is 34.1 Å². The first-order valence-corrected chi connectivity index (χ1v) is 8.25. The maximum absolute atomic E-state index is 12.5. The van der Waals surface area contributed by atoms with Gasteiger partial charge in [-0.25, -0.2) is 0 Å². The largest absolute Gasteiger partial charge is 0.294 e. The Morgan fingerprint density at radius 2 is 1.68 bits per heavy atom. The van der Waals surface area contributed by atoms with Crippen LogP contribution in [0.2, 0.25) is 0 Å². The van der Waals surface area contributed by atoms with Crippen molar-refractivity contribution in [1.29, 1.82) is 0 Å². The Balaban J connectivity index is 2.34. The Morgan fingerprint density at radius 3 is 2.16 bits per heavy atom. The molecule has 0 unspecified atom stereocenters. The maximum atomic E-state index is 12.5. The van der Waals surface area contributed by atoms with Crippen LogP contribution >= 0.6 is 23.5 Å². The number of carbonyl (C=O) groups is 2. The zero-order chi connectivity index (χ0) is 13.8. The van der Waals surface area contributed by atoms with Crippen LogP contribution in [0.25, 0.3) is 0 Å². The van der Waals surface area contributed by atoms with Crippen LogP contribution in [-0.2, 0) is 11.2 Å². The topological polar surface area (TPSA) is 34.1 Å².